The number of hydrogen-bond acceptors (Lipinski definition) is 12. The summed E-state index contributed by atoms with van der Waals surface area (Å²) in [6.07, 6.45) is 6.88. The molecule has 322 valence electrons. The van der Waals surface area contributed by atoms with Crippen molar-refractivity contribution < 1.29 is 28.6 Å². The van der Waals surface area contributed by atoms with Gasteiger partial charge >= 0.3 is 0 Å². The summed E-state index contributed by atoms with van der Waals surface area (Å²) in [6, 6.07) is 0. The van der Waals surface area contributed by atoms with Crippen molar-refractivity contribution in [3.05, 3.63) is 33.4 Å². The molecule has 2 aliphatic heterocycles. The second-order valence-electron chi connectivity index (χ2n) is 19.6. The van der Waals surface area contributed by atoms with Crippen molar-refractivity contribution in [1.29, 1.82) is 0 Å². The molecule has 0 bridgehead atoms. The first kappa shape index (κ1) is 42.8. The number of carbonyl (C=O) groups is 2. The number of nitrogens with one attached hydrogen (secondary N) is 4. The molecule has 2 amide bonds. The average Bonchev–Trinajstić information content (AvgIpc) is 3.72. The lowest BCUT2D eigenvalue weighted by molar-refractivity contribution is -0.119. The van der Waals surface area contributed by atoms with Gasteiger partial charge in [0.25, 0.3) is 11.1 Å². The van der Waals surface area contributed by atoms with E-state index >= 15 is 0 Å². The van der Waals surface area contributed by atoms with E-state index < -0.39 is 31.8 Å². The largest absolute Gasteiger partial charge is 0.411 e. The Bertz CT molecular complexity index is 2350. The van der Waals surface area contributed by atoms with Crippen molar-refractivity contribution in [2.75, 3.05) is 10.6 Å². The van der Waals surface area contributed by atoms with Gasteiger partial charge in [-0.15, -0.1) is 0 Å². The number of H-pyrrole nitrogens is 2. The predicted molar refractivity (Wildman–Crippen MR) is 223 cm³/mol. The molecule has 5 N–H and O–H groups in total. The van der Waals surface area contributed by atoms with Crippen LogP contribution in [0.1, 0.15) is 113 Å². The summed E-state index contributed by atoms with van der Waals surface area (Å²) < 4.78 is 23.0. The highest BCUT2D eigenvalue weighted by atomic mass is 28.4. The highest BCUT2D eigenvalue weighted by Gasteiger charge is 2.56. The fourth-order valence-corrected chi connectivity index (χ4v) is 8.75. The van der Waals surface area contributed by atoms with E-state index in [-0.39, 0.29) is 87.0 Å². The zero-order chi connectivity index (χ0) is 43.0. The zero-order valence-electron chi connectivity index (χ0n) is 36.0. The smallest absolute Gasteiger partial charge is 0.280 e. The van der Waals surface area contributed by atoms with Crippen molar-refractivity contribution in [3.8, 4) is 0 Å². The monoisotopic (exact) mass is 836 g/mol. The van der Waals surface area contributed by atoms with Crippen LogP contribution in [-0.4, -0.2) is 88.7 Å². The van der Waals surface area contributed by atoms with Gasteiger partial charge in [0, 0.05) is 24.7 Å². The third kappa shape index (κ3) is 8.53. The number of hydrogen-bond donors (Lipinski definition) is 5. The second kappa shape index (κ2) is 15.3. The standard InChI is InChI=1S/C23H37N5O4Si.C17H23N5O4/c1-13(2)19(29)26-21-25-18-16(20(30)27-21)24-12-28(18)15-11-14(17(31-15)23(6)9-10-23)32-33(7,8)22(3,4)5;1-8(2)14(24)20-16-19-13-11(15(25)21-16)18-7-22(13)10-6-9(23)12(26-10)17(3)4-5-17/h12-15,17H,9-11H2,1-8H3,(H2,25,26,27,29,30);7-10,12,23H,4-6H2,1-3H3,(H2,19,20,21,24,25)/t14-,15-,17+;9-,10-,12+/m11/s1. The Balaban J connectivity index is 0.000000184. The summed E-state index contributed by atoms with van der Waals surface area (Å²) in [4.78, 5) is 71.3. The van der Waals surface area contributed by atoms with Gasteiger partial charge in [0.05, 0.1) is 37.1 Å². The minimum atomic E-state index is -2.00. The van der Waals surface area contributed by atoms with Crippen LogP contribution in [0.3, 0.4) is 0 Å². The van der Waals surface area contributed by atoms with Gasteiger partial charge in [-0.25, -0.2) is 9.97 Å². The van der Waals surface area contributed by atoms with Gasteiger partial charge in [-0.3, -0.25) is 48.9 Å². The molecule has 59 heavy (non-hydrogen) atoms. The lowest BCUT2D eigenvalue weighted by Gasteiger charge is -2.40. The predicted octanol–water partition coefficient (Wildman–Crippen LogP) is 5.35. The first-order valence-corrected chi connectivity index (χ1v) is 23.6. The van der Waals surface area contributed by atoms with E-state index in [1.807, 2.05) is 4.57 Å². The zero-order valence-corrected chi connectivity index (χ0v) is 37.0. The van der Waals surface area contributed by atoms with Crippen LogP contribution in [0, 0.1) is 22.7 Å². The number of aromatic amines is 2. The molecule has 19 heteroatoms. The molecule has 6 heterocycles. The van der Waals surface area contributed by atoms with E-state index in [2.05, 4.69) is 88.3 Å². The number of aliphatic hydroxyl groups is 1. The first-order valence-electron chi connectivity index (χ1n) is 20.7. The SMILES string of the molecule is CC(C)C(=O)Nc1nc2c(ncn2[C@H]2C[C@@H](O)[C@@H](C3(C)CC3)O2)c(=O)[nH]1.CC(C)C(=O)Nc1nc2c(ncn2[C@H]2C[C@@H](O[Si](C)(C)C(C)(C)C)[C@@H](C3(C)CC3)O2)c(=O)[nH]1. The molecule has 8 rings (SSSR count). The second-order valence-corrected chi connectivity index (χ2v) is 24.3. The lowest BCUT2D eigenvalue weighted by atomic mass is 9.97. The average molecular weight is 837 g/mol. The van der Waals surface area contributed by atoms with Crippen LogP contribution >= 0.6 is 0 Å². The molecule has 0 radical (unpaired) electrons. The van der Waals surface area contributed by atoms with Gasteiger partial charge in [-0.2, -0.15) is 9.97 Å². The Labute approximate surface area is 343 Å². The molecule has 0 aromatic carbocycles. The number of carbonyl (C=O) groups excluding carboxylic acids is 2. The van der Waals surface area contributed by atoms with Gasteiger partial charge in [-0.1, -0.05) is 62.3 Å². The Kier molecular flexibility index (Phi) is 11.1. The number of aromatic nitrogens is 8. The summed E-state index contributed by atoms with van der Waals surface area (Å²) in [5.74, 6) is -0.743. The molecular formula is C40H60N10O8Si. The van der Waals surface area contributed by atoms with E-state index in [0.717, 1.165) is 25.7 Å². The Hall–Kier alpha value is -4.30. The van der Waals surface area contributed by atoms with Crippen molar-refractivity contribution in [2.24, 2.45) is 22.7 Å². The Morgan fingerprint density at radius 2 is 1.24 bits per heavy atom. The third-order valence-corrected chi connectivity index (χ3v) is 17.4. The van der Waals surface area contributed by atoms with Gasteiger partial charge < -0.3 is 19.0 Å². The number of ether oxygens (including phenoxy) is 2. The van der Waals surface area contributed by atoms with Crippen molar-refractivity contribution in [2.45, 2.75) is 156 Å². The van der Waals surface area contributed by atoms with Crippen molar-refractivity contribution in [1.82, 2.24) is 39.0 Å². The summed E-state index contributed by atoms with van der Waals surface area (Å²) in [5, 5.41) is 15.8. The molecule has 4 aromatic rings. The van der Waals surface area contributed by atoms with Crippen LogP contribution in [0.2, 0.25) is 18.1 Å². The Morgan fingerprint density at radius 1 is 0.814 bits per heavy atom. The summed E-state index contributed by atoms with van der Waals surface area (Å²) in [6.45, 7) is 22.7. The third-order valence-electron chi connectivity index (χ3n) is 12.9. The van der Waals surface area contributed by atoms with Gasteiger partial charge in [-0.05, 0) is 54.6 Å². The summed E-state index contributed by atoms with van der Waals surface area (Å²) in [5.41, 5.74) is 0.427. The van der Waals surface area contributed by atoms with Crippen LogP contribution in [0.15, 0.2) is 22.2 Å². The summed E-state index contributed by atoms with van der Waals surface area (Å²) in [7, 11) is -2.00. The van der Waals surface area contributed by atoms with E-state index in [0.29, 0.717) is 24.1 Å². The number of nitrogens with zero attached hydrogens (tertiary/aromatic N) is 6. The maximum atomic E-state index is 12.6. The first-order chi connectivity index (χ1) is 27.5. The minimum absolute atomic E-state index is 0.0174. The topological polar surface area (TPSA) is 233 Å². The molecular weight excluding hydrogens is 777 g/mol. The number of fused-ring (bicyclic) bond motifs is 2. The number of amides is 2. The van der Waals surface area contributed by atoms with Crippen molar-refractivity contribution >= 4 is 54.4 Å². The Morgan fingerprint density at radius 3 is 1.66 bits per heavy atom. The van der Waals surface area contributed by atoms with Crippen LogP contribution in [0.5, 0.6) is 0 Å². The minimum Gasteiger partial charge on any atom is -0.411 e. The van der Waals surface area contributed by atoms with E-state index in [4.69, 9.17) is 13.9 Å². The molecule has 4 fully saturated rings. The molecule has 0 spiro atoms. The fourth-order valence-electron chi connectivity index (χ4n) is 7.42. The number of anilines is 2. The molecule has 6 atom stereocenters. The van der Waals surface area contributed by atoms with Crippen molar-refractivity contribution in [3.63, 3.8) is 0 Å². The van der Waals surface area contributed by atoms with Gasteiger partial charge in [0.15, 0.2) is 30.6 Å². The fraction of sp³-hybridized carbons (Fsp3) is 0.700. The normalized spacial score (nSPS) is 26.0. The van der Waals surface area contributed by atoms with Crippen LogP contribution < -0.4 is 21.8 Å². The lowest BCUT2D eigenvalue weighted by Crippen LogP contribution is -2.47. The summed E-state index contributed by atoms with van der Waals surface area (Å²) >= 11 is 0. The molecule has 2 saturated carbocycles. The molecule has 2 aliphatic carbocycles. The maximum absolute atomic E-state index is 12.6. The van der Waals surface area contributed by atoms with Crippen LogP contribution in [-0.2, 0) is 23.5 Å². The van der Waals surface area contributed by atoms with E-state index in [9.17, 15) is 24.3 Å². The number of rotatable bonds is 10. The van der Waals surface area contributed by atoms with Crippen LogP contribution in [0.25, 0.3) is 22.3 Å². The van der Waals surface area contributed by atoms with Gasteiger partial charge in [0.2, 0.25) is 23.7 Å². The molecule has 2 saturated heterocycles. The highest BCUT2D eigenvalue weighted by molar-refractivity contribution is 6.74. The van der Waals surface area contributed by atoms with Gasteiger partial charge in [0.1, 0.15) is 12.5 Å². The quantitative estimate of drug-likeness (QED) is 0.127. The molecule has 4 aromatic heterocycles. The molecule has 18 nitrogen and oxygen atoms in total. The molecule has 0 unspecified atom stereocenters. The molecule has 4 aliphatic rings. The van der Waals surface area contributed by atoms with E-state index in [1.165, 1.54) is 6.33 Å². The highest BCUT2D eigenvalue weighted by Crippen LogP contribution is 2.56. The maximum Gasteiger partial charge on any atom is 0.280 e. The van der Waals surface area contributed by atoms with E-state index in [1.54, 1.807) is 38.6 Å². The number of imidazole rings is 2. The van der Waals surface area contributed by atoms with Crippen LogP contribution in [0.4, 0.5) is 11.9 Å². The number of aliphatic hydroxyl groups excluding tert-OH is 1.